The van der Waals surface area contributed by atoms with Crippen molar-refractivity contribution < 1.29 is 9.18 Å². The lowest BCUT2D eigenvalue weighted by atomic mass is 10.1. The van der Waals surface area contributed by atoms with Crippen molar-refractivity contribution in [2.75, 3.05) is 11.9 Å². The van der Waals surface area contributed by atoms with E-state index in [2.05, 4.69) is 25.6 Å². The van der Waals surface area contributed by atoms with Crippen LogP contribution in [0.4, 0.5) is 10.2 Å². The molecule has 0 spiro atoms. The highest BCUT2D eigenvalue weighted by Crippen LogP contribution is 2.09. The molecule has 0 aliphatic rings. The van der Waals surface area contributed by atoms with Crippen LogP contribution in [-0.2, 0) is 13.0 Å². The molecule has 26 heavy (non-hydrogen) atoms. The molecule has 3 rings (SSSR count). The fourth-order valence-corrected chi connectivity index (χ4v) is 2.38. The highest BCUT2D eigenvalue weighted by atomic mass is 19.1. The van der Waals surface area contributed by atoms with Gasteiger partial charge in [-0.3, -0.25) is 9.78 Å². The summed E-state index contributed by atoms with van der Waals surface area (Å²) in [5.74, 6) is -0.0104. The normalized spacial score (nSPS) is 10.3. The van der Waals surface area contributed by atoms with Crippen LogP contribution < -0.4 is 10.6 Å². The topological polar surface area (TPSA) is 79.8 Å². The molecule has 2 aromatic heterocycles. The summed E-state index contributed by atoms with van der Waals surface area (Å²) in [5.41, 5.74) is 1.79. The van der Waals surface area contributed by atoms with Gasteiger partial charge in [-0.2, -0.15) is 0 Å². The Morgan fingerprint density at radius 3 is 2.81 bits per heavy atom. The van der Waals surface area contributed by atoms with Crippen LogP contribution in [0.2, 0.25) is 0 Å². The van der Waals surface area contributed by atoms with E-state index in [4.69, 9.17) is 0 Å². The number of halogens is 1. The SMILES string of the molecule is O=C(NCc1cccnc1)c1cc(NCCc2ccccc2F)ncn1. The van der Waals surface area contributed by atoms with Crippen molar-refractivity contribution >= 4 is 11.7 Å². The van der Waals surface area contributed by atoms with E-state index >= 15 is 0 Å². The van der Waals surface area contributed by atoms with Crippen LogP contribution in [0.3, 0.4) is 0 Å². The first-order valence-corrected chi connectivity index (χ1v) is 8.19. The fourth-order valence-electron chi connectivity index (χ4n) is 2.38. The molecule has 0 bridgehead atoms. The van der Waals surface area contributed by atoms with Crippen LogP contribution in [0, 0.1) is 5.82 Å². The Morgan fingerprint density at radius 1 is 1.12 bits per heavy atom. The third-order valence-electron chi connectivity index (χ3n) is 3.73. The zero-order chi connectivity index (χ0) is 18.2. The number of benzene rings is 1. The zero-order valence-corrected chi connectivity index (χ0v) is 14.0. The summed E-state index contributed by atoms with van der Waals surface area (Å²) in [4.78, 5) is 24.3. The molecule has 0 atom stereocenters. The average molecular weight is 351 g/mol. The molecule has 6 nitrogen and oxygen atoms in total. The molecule has 0 radical (unpaired) electrons. The number of rotatable bonds is 7. The van der Waals surface area contributed by atoms with Gasteiger partial charge in [0.25, 0.3) is 5.91 Å². The molecule has 0 aliphatic heterocycles. The van der Waals surface area contributed by atoms with Crippen molar-refractivity contribution in [1.29, 1.82) is 0 Å². The number of nitrogens with zero attached hydrogens (tertiary/aromatic N) is 3. The summed E-state index contributed by atoms with van der Waals surface area (Å²) in [6.45, 7) is 0.863. The lowest BCUT2D eigenvalue weighted by molar-refractivity contribution is 0.0945. The molecule has 7 heteroatoms. The predicted molar refractivity (Wildman–Crippen MR) is 96.0 cm³/mol. The first-order chi connectivity index (χ1) is 12.7. The number of hydrogen-bond donors (Lipinski definition) is 2. The maximum absolute atomic E-state index is 13.6. The molecular weight excluding hydrogens is 333 g/mol. The van der Waals surface area contributed by atoms with Crippen molar-refractivity contribution in [3.8, 4) is 0 Å². The molecule has 0 aliphatic carbocycles. The third kappa shape index (κ3) is 4.83. The standard InChI is InChI=1S/C19H18FN5O/c20-16-6-2-1-5-15(16)7-9-22-18-10-17(24-13-25-18)19(26)23-12-14-4-3-8-21-11-14/h1-6,8,10-11,13H,7,9,12H2,(H,23,26)(H,22,24,25). The molecule has 0 saturated heterocycles. The Hall–Kier alpha value is -3.35. The molecule has 2 heterocycles. The summed E-state index contributed by atoms with van der Waals surface area (Å²) in [6, 6.07) is 11.9. The van der Waals surface area contributed by atoms with Crippen LogP contribution >= 0.6 is 0 Å². The lowest BCUT2D eigenvalue weighted by Crippen LogP contribution is -2.24. The lowest BCUT2D eigenvalue weighted by Gasteiger charge is -2.08. The number of anilines is 1. The number of aromatic nitrogens is 3. The van der Waals surface area contributed by atoms with Crippen LogP contribution in [-0.4, -0.2) is 27.4 Å². The van der Waals surface area contributed by atoms with Gasteiger partial charge in [-0.15, -0.1) is 0 Å². The van der Waals surface area contributed by atoms with Gasteiger partial charge in [0.1, 0.15) is 23.7 Å². The number of pyridine rings is 1. The van der Waals surface area contributed by atoms with E-state index < -0.39 is 0 Å². The molecule has 2 N–H and O–H groups in total. The van der Waals surface area contributed by atoms with Gasteiger partial charge in [-0.1, -0.05) is 24.3 Å². The predicted octanol–water partition coefficient (Wildman–Crippen LogP) is 2.60. The monoisotopic (exact) mass is 351 g/mol. The van der Waals surface area contributed by atoms with Crippen LogP contribution in [0.5, 0.6) is 0 Å². The summed E-state index contributed by atoms with van der Waals surface area (Å²) < 4.78 is 13.6. The van der Waals surface area contributed by atoms with E-state index in [1.165, 1.54) is 12.4 Å². The van der Waals surface area contributed by atoms with E-state index in [1.807, 2.05) is 12.1 Å². The van der Waals surface area contributed by atoms with Crippen molar-refractivity contribution in [1.82, 2.24) is 20.3 Å². The largest absolute Gasteiger partial charge is 0.370 e. The highest BCUT2D eigenvalue weighted by Gasteiger charge is 2.09. The number of carbonyl (C=O) groups is 1. The second-order valence-corrected chi connectivity index (χ2v) is 5.60. The summed E-state index contributed by atoms with van der Waals surface area (Å²) in [5, 5.41) is 5.87. The van der Waals surface area contributed by atoms with Gasteiger partial charge in [0, 0.05) is 31.5 Å². The van der Waals surface area contributed by atoms with Gasteiger partial charge >= 0.3 is 0 Å². The Morgan fingerprint density at radius 2 is 2.00 bits per heavy atom. The summed E-state index contributed by atoms with van der Waals surface area (Å²) in [7, 11) is 0. The Kier molecular flexibility index (Phi) is 5.82. The maximum atomic E-state index is 13.6. The molecule has 1 amide bonds. The molecule has 3 aromatic rings. The molecule has 0 unspecified atom stereocenters. The van der Waals surface area contributed by atoms with Crippen molar-refractivity contribution in [3.63, 3.8) is 0 Å². The van der Waals surface area contributed by atoms with Crippen molar-refractivity contribution in [2.24, 2.45) is 0 Å². The van der Waals surface area contributed by atoms with Gasteiger partial charge < -0.3 is 10.6 Å². The third-order valence-corrected chi connectivity index (χ3v) is 3.73. The van der Waals surface area contributed by atoms with Crippen LogP contribution in [0.25, 0.3) is 0 Å². The minimum atomic E-state index is -0.298. The Balaban J connectivity index is 1.54. The molecule has 1 aromatic carbocycles. The van der Waals surface area contributed by atoms with Crippen LogP contribution in [0.1, 0.15) is 21.6 Å². The second kappa shape index (κ2) is 8.66. The molecule has 0 saturated carbocycles. The molecule has 0 fully saturated rings. The van der Waals surface area contributed by atoms with E-state index in [1.54, 1.807) is 36.7 Å². The first-order valence-electron chi connectivity index (χ1n) is 8.19. The van der Waals surface area contributed by atoms with E-state index in [-0.39, 0.29) is 17.4 Å². The smallest absolute Gasteiger partial charge is 0.270 e. The minimum absolute atomic E-state index is 0.229. The highest BCUT2D eigenvalue weighted by molar-refractivity contribution is 5.92. The van der Waals surface area contributed by atoms with E-state index in [9.17, 15) is 9.18 Å². The Bertz CT molecular complexity index is 873. The summed E-state index contributed by atoms with van der Waals surface area (Å²) in [6.07, 6.45) is 5.20. The van der Waals surface area contributed by atoms with Crippen molar-refractivity contribution in [3.05, 3.63) is 83.8 Å². The zero-order valence-electron chi connectivity index (χ0n) is 14.0. The number of amides is 1. The van der Waals surface area contributed by atoms with Gasteiger partial charge in [-0.05, 0) is 29.7 Å². The second-order valence-electron chi connectivity index (χ2n) is 5.60. The molecule has 132 valence electrons. The molecular formula is C19H18FN5O. The average Bonchev–Trinajstić information content (AvgIpc) is 2.69. The van der Waals surface area contributed by atoms with Gasteiger partial charge in [0.05, 0.1) is 0 Å². The van der Waals surface area contributed by atoms with Crippen molar-refractivity contribution in [2.45, 2.75) is 13.0 Å². The Labute approximate surface area is 150 Å². The minimum Gasteiger partial charge on any atom is -0.370 e. The first kappa shape index (κ1) is 17.5. The number of nitrogens with one attached hydrogen (secondary N) is 2. The van der Waals surface area contributed by atoms with Gasteiger partial charge in [0.15, 0.2) is 0 Å². The van der Waals surface area contributed by atoms with Gasteiger partial charge in [0.2, 0.25) is 0 Å². The quantitative estimate of drug-likeness (QED) is 0.684. The van der Waals surface area contributed by atoms with E-state index in [0.29, 0.717) is 30.9 Å². The van der Waals surface area contributed by atoms with E-state index in [0.717, 1.165) is 5.56 Å². The summed E-state index contributed by atoms with van der Waals surface area (Å²) >= 11 is 0. The maximum Gasteiger partial charge on any atom is 0.270 e. The number of hydrogen-bond acceptors (Lipinski definition) is 5. The fraction of sp³-hybridized carbons (Fsp3) is 0.158. The number of carbonyl (C=O) groups excluding carboxylic acids is 1. The van der Waals surface area contributed by atoms with Crippen LogP contribution in [0.15, 0.2) is 61.2 Å². The van der Waals surface area contributed by atoms with Gasteiger partial charge in [-0.25, -0.2) is 14.4 Å².